The minimum atomic E-state index is -1.49. The van der Waals surface area contributed by atoms with Crippen molar-refractivity contribution in [1.29, 1.82) is 0 Å². The van der Waals surface area contributed by atoms with Crippen LogP contribution in [0.5, 0.6) is 0 Å². The number of non-ortho nitro benzene ring substituents is 1. The van der Waals surface area contributed by atoms with Crippen LogP contribution < -0.4 is 10.2 Å². The molecule has 3 aliphatic rings. The predicted octanol–water partition coefficient (Wildman–Crippen LogP) is 1.76. The number of imide groups is 2. The second-order valence-electron chi connectivity index (χ2n) is 7.39. The quantitative estimate of drug-likeness (QED) is 0.368. The summed E-state index contributed by atoms with van der Waals surface area (Å²) in [7, 11) is 0. The van der Waals surface area contributed by atoms with E-state index in [9.17, 15) is 24.5 Å². The van der Waals surface area contributed by atoms with E-state index in [1.807, 2.05) is 4.90 Å². The van der Waals surface area contributed by atoms with E-state index in [-0.39, 0.29) is 18.7 Å². The van der Waals surface area contributed by atoms with Crippen molar-refractivity contribution in [1.82, 2.24) is 10.2 Å². The summed E-state index contributed by atoms with van der Waals surface area (Å²) in [5.41, 5.74) is -0.191. The van der Waals surface area contributed by atoms with Gasteiger partial charge in [-0.25, -0.2) is 4.79 Å². The molecule has 2 atom stereocenters. The Morgan fingerprint density at radius 3 is 2.82 bits per heavy atom. The molecule has 1 aromatic carbocycles. The van der Waals surface area contributed by atoms with Crippen LogP contribution in [0.25, 0.3) is 0 Å². The molecule has 0 radical (unpaired) electrons. The van der Waals surface area contributed by atoms with Crippen LogP contribution in [-0.2, 0) is 16.0 Å². The maximum atomic E-state index is 13.4. The van der Waals surface area contributed by atoms with Crippen LogP contribution in [0.4, 0.5) is 16.2 Å². The average Bonchev–Trinajstić information content (AvgIpc) is 2.69. The first kappa shape index (κ1) is 18.1. The molecule has 2 fully saturated rings. The van der Waals surface area contributed by atoms with E-state index in [2.05, 4.69) is 11.9 Å². The lowest BCUT2D eigenvalue weighted by atomic mass is 9.66. The molecule has 146 valence electrons. The van der Waals surface area contributed by atoms with E-state index in [1.165, 1.54) is 18.2 Å². The Labute approximate surface area is 161 Å². The van der Waals surface area contributed by atoms with Gasteiger partial charge in [-0.3, -0.25) is 29.9 Å². The number of barbiturate groups is 1. The Balaban J connectivity index is 1.88. The van der Waals surface area contributed by atoms with E-state index in [0.29, 0.717) is 18.5 Å². The Kier molecular flexibility index (Phi) is 4.17. The number of urea groups is 1. The normalized spacial score (nSPS) is 26.6. The van der Waals surface area contributed by atoms with Gasteiger partial charge in [-0.05, 0) is 30.9 Å². The number of hydrogen-bond acceptors (Lipinski definition) is 6. The van der Waals surface area contributed by atoms with Crippen LogP contribution in [0.1, 0.15) is 24.8 Å². The standard InChI is InChI=1S/C19H20N4O5/c1-2-8-22-17(25)19(16(24)20-18(22)26)11-12-10-13(23(27)28)6-7-14(12)21-9-4-3-5-15(19)21/h2,6-7,10,15H,1,3-5,8-9,11H2,(H,20,24,26)/t15-,19-/m1/s1. The van der Waals surface area contributed by atoms with Gasteiger partial charge in [0.2, 0.25) is 11.8 Å². The zero-order valence-electron chi connectivity index (χ0n) is 15.2. The number of nitro groups is 1. The molecule has 1 spiro atoms. The van der Waals surface area contributed by atoms with Gasteiger partial charge < -0.3 is 4.90 Å². The molecular formula is C19H20N4O5. The van der Waals surface area contributed by atoms with Crippen LogP contribution in [0.3, 0.4) is 0 Å². The molecule has 0 bridgehead atoms. The van der Waals surface area contributed by atoms with Crippen molar-refractivity contribution in [3.63, 3.8) is 0 Å². The van der Waals surface area contributed by atoms with Gasteiger partial charge in [0.25, 0.3) is 5.69 Å². The third kappa shape index (κ3) is 2.42. The Bertz CT molecular complexity index is 914. The zero-order chi connectivity index (χ0) is 20.1. The SMILES string of the molecule is C=CCN1C(=O)NC(=O)[C@]2(Cc3cc([N+](=O)[O-])ccc3N3CCCC[C@@H]32)C1=O. The van der Waals surface area contributed by atoms with Crippen molar-refractivity contribution in [2.75, 3.05) is 18.0 Å². The van der Waals surface area contributed by atoms with Crippen molar-refractivity contribution < 1.29 is 19.3 Å². The molecule has 28 heavy (non-hydrogen) atoms. The second kappa shape index (κ2) is 6.43. The maximum Gasteiger partial charge on any atom is 0.331 e. The Hall–Kier alpha value is -3.23. The predicted molar refractivity (Wildman–Crippen MR) is 99.7 cm³/mol. The van der Waals surface area contributed by atoms with Crippen molar-refractivity contribution in [2.24, 2.45) is 5.41 Å². The third-order valence-corrected chi connectivity index (χ3v) is 5.93. The third-order valence-electron chi connectivity index (χ3n) is 5.93. The molecule has 3 aliphatic heterocycles. The van der Waals surface area contributed by atoms with Crippen molar-refractivity contribution in [3.05, 3.63) is 46.5 Å². The summed E-state index contributed by atoms with van der Waals surface area (Å²) in [5.74, 6) is -1.19. The molecule has 9 heteroatoms. The number of rotatable bonds is 3. The van der Waals surface area contributed by atoms with Gasteiger partial charge in [0.15, 0.2) is 5.41 Å². The van der Waals surface area contributed by atoms with Crippen LogP contribution in [0.15, 0.2) is 30.9 Å². The number of fused-ring (bicyclic) bond motifs is 4. The largest absolute Gasteiger partial charge is 0.367 e. The number of anilines is 1. The van der Waals surface area contributed by atoms with Crippen LogP contribution in [-0.4, -0.2) is 46.8 Å². The molecule has 9 nitrogen and oxygen atoms in total. The first-order valence-electron chi connectivity index (χ1n) is 9.22. The van der Waals surface area contributed by atoms with E-state index in [1.54, 1.807) is 6.07 Å². The molecule has 3 heterocycles. The topological polar surface area (TPSA) is 113 Å². The number of nitrogens with zero attached hydrogens (tertiary/aromatic N) is 3. The number of hydrogen-bond donors (Lipinski definition) is 1. The van der Waals surface area contributed by atoms with E-state index < -0.39 is 34.2 Å². The van der Waals surface area contributed by atoms with Crippen molar-refractivity contribution in [2.45, 2.75) is 31.7 Å². The highest BCUT2D eigenvalue weighted by atomic mass is 16.6. The van der Waals surface area contributed by atoms with Crippen molar-refractivity contribution in [3.8, 4) is 0 Å². The number of nitro benzene ring substituents is 1. The molecule has 0 saturated carbocycles. The van der Waals surface area contributed by atoms with Gasteiger partial charge >= 0.3 is 6.03 Å². The molecule has 0 aromatic heterocycles. The minimum absolute atomic E-state index is 0.00574. The summed E-state index contributed by atoms with van der Waals surface area (Å²) in [6, 6.07) is 3.40. The first-order valence-corrected chi connectivity index (χ1v) is 9.22. The van der Waals surface area contributed by atoms with Gasteiger partial charge in [0.05, 0.1) is 11.0 Å². The molecular weight excluding hydrogens is 364 g/mol. The summed E-state index contributed by atoms with van der Waals surface area (Å²) in [4.78, 5) is 52.4. The monoisotopic (exact) mass is 384 g/mol. The van der Waals surface area contributed by atoms with Gasteiger partial charge in [-0.1, -0.05) is 6.08 Å². The van der Waals surface area contributed by atoms with Gasteiger partial charge in [-0.2, -0.15) is 0 Å². The Morgan fingerprint density at radius 1 is 1.32 bits per heavy atom. The fourth-order valence-corrected chi connectivity index (χ4v) is 4.71. The highest BCUT2D eigenvalue weighted by Crippen LogP contribution is 2.48. The smallest absolute Gasteiger partial charge is 0.331 e. The second-order valence-corrected chi connectivity index (χ2v) is 7.39. The highest BCUT2D eigenvalue weighted by Gasteiger charge is 2.62. The molecule has 4 rings (SSSR count). The fraction of sp³-hybridized carbons (Fsp3) is 0.421. The summed E-state index contributed by atoms with van der Waals surface area (Å²) >= 11 is 0. The number of piperidine rings is 1. The lowest BCUT2D eigenvalue weighted by molar-refractivity contribution is -0.384. The number of benzene rings is 1. The highest BCUT2D eigenvalue weighted by molar-refractivity contribution is 6.20. The Morgan fingerprint density at radius 2 is 2.11 bits per heavy atom. The number of nitrogens with one attached hydrogen (secondary N) is 1. The van der Waals surface area contributed by atoms with E-state index >= 15 is 0 Å². The van der Waals surface area contributed by atoms with Gasteiger partial charge in [-0.15, -0.1) is 6.58 Å². The van der Waals surface area contributed by atoms with Gasteiger partial charge in [0.1, 0.15) is 0 Å². The van der Waals surface area contributed by atoms with Crippen LogP contribution in [0.2, 0.25) is 0 Å². The zero-order valence-corrected chi connectivity index (χ0v) is 15.2. The average molecular weight is 384 g/mol. The molecule has 0 unspecified atom stereocenters. The van der Waals surface area contributed by atoms with Crippen LogP contribution in [0, 0.1) is 15.5 Å². The summed E-state index contributed by atoms with van der Waals surface area (Å²) in [6.45, 7) is 4.22. The van der Waals surface area contributed by atoms with Gasteiger partial charge in [0, 0.05) is 37.3 Å². The maximum absolute atomic E-state index is 13.4. The lowest BCUT2D eigenvalue weighted by Crippen LogP contribution is -2.72. The molecule has 4 amide bonds. The fourth-order valence-electron chi connectivity index (χ4n) is 4.71. The summed E-state index contributed by atoms with van der Waals surface area (Å²) < 4.78 is 0. The first-order chi connectivity index (χ1) is 13.4. The van der Waals surface area contributed by atoms with Crippen LogP contribution >= 0.6 is 0 Å². The summed E-state index contributed by atoms with van der Waals surface area (Å²) in [5, 5.41) is 13.6. The molecule has 1 aromatic rings. The number of carbonyl (C=O) groups excluding carboxylic acids is 3. The van der Waals surface area contributed by atoms with E-state index in [0.717, 1.165) is 23.4 Å². The molecule has 0 aliphatic carbocycles. The lowest BCUT2D eigenvalue weighted by Gasteiger charge is -2.53. The summed E-state index contributed by atoms with van der Waals surface area (Å²) in [6.07, 6.45) is 3.85. The van der Waals surface area contributed by atoms with Crippen molar-refractivity contribution >= 4 is 29.2 Å². The van der Waals surface area contributed by atoms with E-state index in [4.69, 9.17) is 0 Å². The number of carbonyl (C=O) groups is 3. The minimum Gasteiger partial charge on any atom is -0.367 e. The number of amides is 4. The molecule has 1 N–H and O–H groups in total. The molecule has 2 saturated heterocycles.